The van der Waals surface area contributed by atoms with Crippen molar-refractivity contribution in [2.24, 2.45) is 0 Å². The molecule has 0 radical (unpaired) electrons. The minimum atomic E-state index is -1.11. The highest BCUT2D eigenvalue weighted by Gasteiger charge is 2.22. The van der Waals surface area contributed by atoms with Crippen LogP contribution in [0.1, 0.15) is 33.2 Å². The van der Waals surface area contributed by atoms with Gasteiger partial charge >= 0.3 is 5.97 Å². The second-order valence-electron chi connectivity index (χ2n) is 5.95. The van der Waals surface area contributed by atoms with Crippen molar-refractivity contribution in [2.75, 3.05) is 13.6 Å². The Morgan fingerprint density at radius 1 is 1.04 bits per heavy atom. The van der Waals surface area contributed by atoms with E-state index >= 15 is 0 Å². The monoisotopic (exact) mass is 354 g/mol. The third kappa shape index (κ3) is 4.92. The smallest absolute Gasteiger partial charge is 0.326 e. The SMILES string of the molecule is CCN(C)C(=O)c1cccc(C(=O)N[C@H](Cc2ccccc2)C(=O)O)c1. The van der Waals surface area contributed by atoms with E-state index in [1.807, 2.05) is 37.3 Å². The second kappa shape index (κ2) is 8.80. The Kier molecular flexibility index (Phi) is 6.49. The van der Waals surface area contributed by atoms with Crippen LogP contribution >= 0.6 is 0 Å². The van der Waals surface area contributed by atoms with Crippen LogP contribution in [-0.4, -0.2) is 47.4 Å². The number of carbonyl (C=O) groups is 3. The predicted molar refractivity (Wildman–Crippen MR) is 98.1 cm³/mol. The Morgan fingerprint density at radius 2 is 1.69 bits per heavy atom. The third-order valence-electron chi connectivity index (χ3n) is 4.08. The van der Waals surface area contributed by atoms with Crippen LogP contribution in [0.3, 0.4) is 0 Å². The van der Waals surface area contributed by atoms with Crippen LogP contribution in [-0.2, 0) is 11.2 Å². The average Bonchev–Trinajstić information content (AvgIpc) is 2.67. The third-order valence-corrected chi connectivity index (χ3v) is 4.08. The summed E-state index contributed by atoms with van der Waals surface area (Å²) in [6.45, 7) is 2.41. The average molecular weight is 354 g/mol. The van der Waals surface area contributed by atoms with Gasteiger partial charge in [-0.15, -0.1) is 0 Å². The van der Waals surface area contributed by atoms with Crippen molar-refractivity contribution in [3.8, 4) is 0 Å². The van der Waals surface area contributed by atoms with Crippen molar-refractivity contribution in [3.63, 3.8) is 0 Å². The molecule has 6 nitrogen and oxygen atoms in total. The molecule has 0 fully saturated rings. The molecule has 0 aromatic heterocycles. The van der Waals surface area contributed by atoms with Gasteiger partial charge < -0.3 is 15.3 Å². The van der Waals surface area contributed by atoms with Crippen molar-refractivity contribution >= 4 is 17.8 Å². The summed E-state index contributed by atoms with van der Waals surface area (Å²) in [5.74, 6) is -1.83. The molecule has 0 aliphatic rings. The van der Waals surface area contributed by atoms with Crippen LogP contribution in [0.15, 0.2) is 54.6 Å². The molecule has 1 atom stereocenters. The Labute approximate surface area is 152 Å². The van der Waals surface area contributed by atoms with E-state index in [-0.39, 0.29) is 17.9 Å². The summed E-state index contributed by atoms with van der Waals surface area (Å²) in [6, 6.07) is 14.3. The van der Waals surface area contributed by atoms with Gasteiger partial charge in [-0.25, -0.2) is 4.79 Å². The van der Waals surface area contributed by atoms with Gasteiger partial charge in [-0.05, 0) is 30.7 Å². The zero-order valence-electron chi connectivity index (χ0n) is 14.8. The summed E-state index contributed by atoms with van der Waals surface area (Å²) in [5.41, 5.74) is 1.45. The van der Waals surface area contributed by atoms with E-state index < -0.39 is 17.9 Å². The van der Waals surface area contributed by atoms with E-state index in [1.54, 1.807) is 25.2 Å². The maximum Gasteiger partial charge on any atom is 0.326 e. The molecular weight excluding hydrogens is 332 g/mol. The number of carboxylic acids is 1. The van der Waals surface area contributed by atoms with Gasteiger partial charge in [0, 0.05) is 31.1 Å². The standard InChI is InChI=1S/C20H22N2O4/c1-3-22(2)19(24)16-11-7-10-15(13-16)18(23)21-17(20(25)26)12-14-8-5-4-6-9-14/h4-11,13,17H,3,12H2,1-2H3,(H,21,23)(H,25,26)/t17-/m1/s1. The maximum absolute atomic E-state index is 12.5. The van der Waals surface area contributed by atoms with Gasteiger partial charge in [-0.1, -0.05) is 36.4 Å². The van der Waals surface area contributed by atoms with Gasteiger partial charge in [-0.2, -0.15) is 0 Å². The molecular formula is C20H22N2O4. The molecule has 26 heavy (non-hydrogen) atoms. The van der Waals surface area contributed by atoms with E-state index in [0.29, 0.717) is 12.1 Å². The number of nitrogens with zero attached hydrogens (tertiary/aromatic N) is 1. The number of rotatable bonds is 7. The highest BCUT2D eigenvalue weighted by atomic mass is 16.4. The van der Waals surface area contributed by atoms with Crippen LogP contribution in [0, 0.1) is 0 Å². The van der Waals surface area contributed by atoms with Crippen LogP contribution < -0.4 is 5.32 Å². The first-order chi connectivity index (χ1) is 12.4. The summed E-state index contributed by atoms with van der Waals surface area (Å²) in [4.78, 5) is 37.7. The molecule has 0 saturated carbocycles. The molecule has 2 rings (SSSR count). The van der Waals surface area contributed by atoms with Gasteiger partial charge in [0.25, 0.3) is 11.8 Å². The topological polar surface area (TPSA) is 86.7 Å². The number of hydrogen-bond donors (Lipinski definition) is 2. The largest absolute Gasteiger partial charge is 0.480 e. The maximum atomic E-state index is 12.5. The highest BCUT2D eigenvalue weighted by molar-refractivity contribution is 6.00. The summed E-state index contributed by atoms with van der Waals surface area (Å²) < 4.78 is 0. The molecule has 0 unspecified atom stereocenters. The first-order valence-electron chi connectivity index (χ1n) is 8.35. The molecule has 2 N–H and O–H groups in total. The minimum Gasteiger partial charge on any atom is -0.480 e. The van der Waals surface area contributed by atoms with Gasteiger partial charge in [-0.3, -0.25) is 9.59 Å². The van der Waals surface area contributed by atoms with Crippen molar-refractivity contribution in [2.45, 2.75) is 19.4 Å². The van der Waals surface area contributed by atoms with Gasteiger partial charge in [0.2, 0.25) is 0 Å². The fourth-order valence-corrected chi connectivity index (χ4v) is 2.45. The van der Waals surface area contributed by atoms with E-state index in [2.05, 4.69) is 5.32 Å². The lowest BCUT2D eigenvalue weighted by Gasteiger charge is -2.16. The number of benzene rings is 2. The molecule has 2 amide bonds. The molecule has 0 saturated heterocycles. The summed E-state index contributed by atoms with van der Waals surface area (Å²) >= 11 is 0. The number of hydrogen-bond acceptors (Lipinski definition) is 3. The van der Waals surface area contributed by atoms with E-state index in [1.165, 1.54) is 11.0 Å². The van der Waals surface area contributed by atoms with Crippen LogP contribution in [0.25, 0.3) is 0 Å². The van der Waals surface area contributed by atoms with Crippen molar-refractivity contribution < 1.29 is 19.5 Å². The number of aliphatic carboxylic acids is 1. The van der Waals surface area contributed by atoms with E-state index in [9.17, 15) is 19.5 Å². The molecule has 6 heteroatoms. The molecule has 0 bridgehead atoms. The fourth-order valence-electron chi connectivity index (χ4n) is 2.45. The molecule has 2 aromatic carbocycles. The predicted octanol–water partition coefficient (Wildman–Crippen LogP) is 2.20. The lowest BCUT2D eigenvalue weighted by atomic mass is 10.0. The first kappa shape index (κ1) is 19.2. The fraction of sp³-hybridized carbons (Fsp3) is 0.250. The van der Waals surface area contributed by atoms with Crippen molar-refractivity contribution in [1.82, 2.24) is 10.2 Å². The van der Waals surface area contributed by atoms with Crippen molar-refractivity contribution in [3.05, 3.63) is 71.3 Å². The number of amides is 2. The van der Waals surface area contributed by atoms with Gasteiger partial charge in [0.1, 0.15) is 6.04 Å². The zero-order chi connectivity index (χ0) is 19.1. The molecule has 136 valence electrons. The number of carbonyl (C=O) groups excluding carboxylic acids is 2. The van der Waals surface area contributed by atoms with E-state index in [0.717, 1.165) is 5.56 Å². The van der Waals surface area contributed by atoms with E-state index in [4.69, 9.17) is 0 Å². The Morgan fingerprint density at radius 3 is 2.31 bits per heavy atom. The first-order valence-corrected chi connectivity index (χ1v) is 8.35. The molecule has 0 spiro atoms. The Bertz CT molecular complexity index is 789. The van der Waals surface area contributed by atoms with Crippen LogP contribution in [0.5, 0.6) is 0 Å². The lowest BCUT2D eigenvalue weighted by molar-refractivity contribution is -0.139. The molecule has 2 aromatic rings. The summed E-state index contributed by atoms with van der Waals surface area (Å²) in [7, 11) is 1.68. The summed E-state index contributed by atoms with van der Waals surface area (Å²) in [5, 5.41) is 11.9. The summed E-state index contributed by atoms with van der Waals surface area (Å²) in [6.07, 6.45) is 0.180. The minimum absolute atomic E-state index is 0.180. The molecule has 0 heterocycles. The highest BCUT2D eigenvalue weighted by Crippen LogP contribution is 2.10. The normalized spacial score (nSPS) is 11.5. The Balaban J connectivity index is 2.14. The van der Waals surface area contributed by atoms with Crippen LogP contribution in [0.2, 0.25) is 0 Å². The number of nitrogens with one attached hydrogen (secondary N) is 1. The zero-order valence-corrected chi connectivity index (χ0v) is 14.8. The molecule has 0 aliphatic heterocycles. The van der Waals surface area contributed by atoms with Crippen LogP contribution in [0.4, 0.5) is 0 Å². The quantitative estimate of drug-likeness (QED) is 0.798. The van der Waals surface area contributed by atoms with Gasteiger partial charge in [0.05, 0.1) is 0 Å². The van der Waals surface area contributed by atoms with Crippen molar-refractivity contribution in [1.29, 1.82) is 0 Å². The second-order valence-corrected chi connectivity index (χ2v) is 5.95. The number of carboxylic acid groups (broad SMARTS) is 1. The molecule has 0 aliphatic carbocycles. The van der Waals surface area contributed by atoms with Gasteiger partial charge in [0.15, 0.2) is 0 Å². The Hall–Kier alpha value is -3.15. The lowest BCUT2D eigenvalue weighted by Crippen LogP contribution is -2.42.